The van der Waals surface area contributed by atoms with Gasteiger partial charge in [0, 0.05) is 6.42 Å². The van der Waals surface area contributed by atoms with E-state index in [0.29, 0.717) is 5.04 Å². The summed E-state index contributed by atoms with van der Waals surface area (Å²) in [5.41, 5.74) is -0.383. The van der Waals surface area contributed by atoms with Gasteiger partial charge in [0.25, 0.3) is 0 Å². The Morgan fingerprint density at radius 3 is 2.10 bits per heavy atom. The lowest BCUT2D eigenvalue weighted by molar-refractivity contribution is -0.324. The number of rotatable bonds is 1. The third-order valence-electron chi connectivity index (χ3n) is 7.43. The van der Waals surface area contributed by atoms with Crippen LogP contribution in [0.1, 0.15) is 45.4 Å². The van der Waals surface area contributed by atoms with E-state index < -0.39 is 13.7 Å². The van der Waals surface area contributed by atoms with Crippen molar-refractivity contribution in [2.24, 2.45) is 17.8 Å². The summed E-state index contributed by atoms with van der Waals surface area (Å²) in [7, 11) is -1.12. The van der Waals surface area contributed by atoms with Gasteiger partial charge in [0.15, 0.2) is 5.60 Å². The SMILES string of the molecule is CC1(C#N)CC2(O1)[C@@H]1CC3C[C@H]2CC([Si](C)(C)C)(C3)C1. The van der Waals surface area contributed by atoms with E-state index in [1.165, 1.54) is 32.1 Å². The molecule has 0 aromatic heterocycles. The van der Waals surface area contributed by atoms with Crippen molar-refractivity contribution in [2.45, 2.75) is 81.3 Å². The van der Waals surface area contributed by atoms with Gasteiger partial charge >= 0.3 is 0 Å². The minimum atomic E-state index is -1.12. The second-order valence-corrected chi connectivity index (χ2v) is 15.0. The summed E-state index contributed by atoms with van der Waals surface area (Å²) in [4.78, 5) is 0. The Hall–Kier alpha value is -0.333. The first-order valence-corrected chi connectivity index (χ1v) is 11.8. The predicted octanol–water partition coefficient (Wildman–Crippen LogP) is 4.35. The van der Waals surface area contributed by atoms with Gasteiger partial charge in [-0.15, -0.1) is 0 Å². The van der Waals surface area contributed by atoms with Crippen LogP contribution in [0.4, 0.5) is 0 Å². The molecule has 5 fully saturated rings. The van der Waals surface area contributed by atoms with Gasteiger partial charge in [-0.1, -0.05) is 19.6 Å². The maximum absolute atomic E-state index is 9.30. The molecule has 1 spiro atoms. The number of ether oxygens (including phenoxy) is 1. The van der Waals surface area contributed by atoms with E-state index >= 15 is 0 Å². The summed E-state index contributed by atoms with van der Waals surface area (Å²) in [6, 6.07) is 2.39. The van der Waals surface area contributed by atoms with E-state index in [1.807, 2.05) is 6.92 Å². The molecule has 6 atom stereocenters. The second kappa shape index (κ2) is 3.52. The van der Waals surface area contributed by atoms with Gasteiger partial charge in [0.05, 0.1) is 19.7 Å². The largest absolute Gasteiger partial charge is 0.353 e. The Labute approximate surface area is 123 Å². The highest BCUT2D eigenvalue weighted by molar-refractivity contribution is 6.79. The molecule has 1 saturated heterocycles. The molecule has 0 N–H and O–H groups in total. The Bertz CT molecular complexity index is 476. The fraction of sp³-hybridized carbons (Fsp3) is 0.941. The molecule has 5 rings (SSSR count). The first kappa shape index (κ1) is 13.3. The summed E-state index contributed by atoms with van der Waals surface area (Å²) in [6.07, 6.45) is 8.06. The van der Waals surface area contributed by atoms with Crippen molar-refractivity contribution in [1.29, 1.82) is 5.26 Å². The molecule has 4 bridgehead atoms. The Kier molecular flexibility index (Phi) is 2.35. The van der Waals surface area contributed by atoms with Crippen LogP contribution in [0.2, 0.25) is 24.7 Å². The van der Waals surface area contributed by atoms with E-state index in [0.717, 1.165) is 24.2 Å². The monoisotopic (exact) mass is 289 g/mol. The van der Waals surface area contributed by atoms with Crippen LogP contribution < -0.4 is 0 Å². The van der Waals surface area contributed by atoms with Gasteiger partial charge in [-0.2, -0.15) is 5.26 Å². The summed E-state index contributed by atoms with van der Waals surface area (Å²) in [5, 5.41) is 9.97. The van der Waals surface area contributed by atoms with E-state index in [2.05, 4.69) is 25.7 Å². The van der Waals surface area contributed by atoms with E-state index in [4.69, 9.17) is 4.74 Å². The first-order chi connectivity index (χ1) is 9.22. The highest BCUT2D eigenvalue weighted by atomic mass is 28.3. The molecular weight excluding hydrogens is 262 g/mol. The zero-order chi connectivity index (χ0) is 14.4. The van der Waals surface area contributed by atoms with Crippen LogP contribution in [-0.4, -0.2) is 19.3 Å². The van der Waals surface area contributed by atoms with Crippen LogP contribution in [0.15, 0.2) is 0 Å². The molecule has 20 heavy (non-hydrogen) atoms. The van der Waals surface area contributed by atoms with Crippen molar-refractivity contribution < 1.29 is 4.74 Å². The average Bonchev–Trinajstić information content (AvgIpc) is 2.30. The molecule has 4 saturated carbocycles. The fourth-order valence-corrected chi connectivity index (χ4v) is 9.05. The molecule has 3 heteroatoms. The predicted molar refractivity (Wildman–Crippen MR) is 82.0 cm³/mol. The number of nitrogens with zero attached hydrogens (tertiary/aromatic N) is 1. The molecule has 1 aliphatic heterocycles. The molecule has 0 aromatic carbocycles. The highest BCUT2D eigenvalue weighted by Gasteiger charge is 2.71. The smallest absolute Gasteiger partial charge is 0.155 e. The van der Waals surface area contributed by atoms with Crippen molar-refractivity contribution in [3.05, 3.63) is 0 Å². The lowest BCUT2D eigenvalue weighted by Gasteiger charge is -2.72. The number of hydrogen-bond donors (Lipinski definition) is 0. The van der Waals surface area contributed by atoms with E-state index in [-0.39, 0.29) is 5.60 Å². The highest BCUT2D eigenvalue weighted by Crippen LogP contribution is 2.74. The number of nitriles is 1. The Morgan fingerprint density at radius 1 is 1.10 bits per heavy atom. The third kappa shape index (κ3) is 1.43. The number of hydrogen-bond acceptors (Lipinski definition) is 2. The zero-order valence-electron chi connectivity index (χ0n) is 13.3. The van der Waals surface area contributed by atoms with Gasteiger partial charge in [-0.3, -0.25) is 0 Å². The van der Waals surface area contributed by atoms with Crippen molar-refractivity contribution in [2.75, 3.05) is 0 Å². The van der Waals surface area contributed by atoms with E-state index in [1.54, 1.807) is 0 Å². The first-order valence-electron chi connectivity index (χ1n) is 8.33. The lowest BCUT2D eigenvalue weighted by atomic mass is 9.46. The normalized spacial score (nSPS) is 56.6. The van der Waals surface area contributed by atoms with Gasteiger partial charge in [0.1, 0.15) is 0 Å². The van der Waals surface area contributed by atoms with Crippen molar-refractivity contribution >= 4 is 8.07 Å². The minimum absolute atomic E-state index is 0.102. The Morgan fingerprint density at radius 2 is 1.65 bits per heavy atom. The third-order valence-corrected chi connectivity index (χ3v) is 11.2. The molecule has 0 amide bonds. The average molecular weight is 289 g/mol. The molecule has 4 aliphatic carbocycles. The van der Waals surface area contributed by atoms with Gasteiger partial charge in [-0.25, -0.2) is 0 Å². The van der Waals surface area contributed by atoms with Crippen LogP contribution in [0.3, 0.4) is 0 Å². The van der Waals surface area contributed by atoms with Crippen LogP contribution in [-0.2, 0) is 4.74 Å². The quantitative estimate of drug-likeness (QED) is 0.672. The molecule has 1 heterocycles. The summed E-state index contributed by atoms with van der Waals surface area (Å²) in [5.74, 6) is 2.46. The fourth-order valence-electron chi connectivity index (χ4n) is 6.43. The second-order valence-electron chi connectivity index (χ2n) is 9.45. The standard InChI is InChI=1S/C17H27NOSi/c1-15(11-18)10-17(19-15)13-5-12-6-14(17)9-16(7-12,8-13)20(2,3)4/h12-14H,5-10H2,1-4H3/t12?,13-,14+,15?,16?,17?. The summed E-state index contributed by atoms with van der Waals surface area (Å²) in [6.45, 7) is 9.72. The van der Waals surface area contributed by atoms with Gasteiger partial charge in [0.2, 0.25) is 0 Å². The molecule has 0 radical (unpaired) electrons. The summed E-state index contributed by atoms with van der Waals surface area (Å²) >= 11 is 0. The van der Waals surface area contributed by atoms with E-state index in [9.17, 15) is 5.26 Å². The van der Waals surface area contributed by atoms with Gasteiger partial charge in [-0.05, 0) is 61.8 Å². The van der Waals surface area contributed by atoms with Gasteiger partial charge < -0.3 is 4.74 Å². The maximum atomic E-state index is 9.30. The van der Waals surface area contributed by atoms with Crippen molar-refractivity contribution in [1.82, 2.24) is 0 Å². The Balaban J connectivity index is 1.67. The molecule has 4 unspecified atom stereocenters. The van der Waals surface area contributed by atoms with Crippen molar-refractivity contribution in [3.63, 3.8) is 0 Å². The molecule has 5 aliphatic rings. The van der Waals surface area contributed by atoms with Crippen LogP contribution >= 0.6 is 0 Å². The van der Waals surface area contributed by atoms with Crippen LogP contribution in [0.5, 0.6) is 0 Å². The maximum Gasteiger partial charge on any atom is 0.155 e. The summed E-state index contributed by atoms with van der Waals surface area (Å²) < 4.78 is 6.35. The minimum Gasteiger partial charge on any atom is -0.353 e. The zero-order valence-corrected chi connectivity index (χ0v) is 14.3. The molecule has 110 valence electrons. The lowest BCUT2D eigenvalue weighted by Crippen LogP contribution is -2.72. The molecule has 2 nitrogen and oxygen atoms in total. The molecular formula is C17H27NOSi. The molecule has 0 aromatic rings. The topological polar surface area (TPSA) is 33.0 Å². The van der Waals surface area contributed by atoms with Crippen molar-refractivity contribution in [3.8, 4) is 6.07 Å². The van der Waals surface area contributed by atoms with Crippen LogP contribution in [0.25, 0.3) is 0 Å². The van der Waals surface area contributed by atoms with Crippen LogP contribution in [0, 0.1) is 29.1 Å².